The van der Waals surface area contributed by atoms with Gasteiger partial charge in [0, 0.05) is 6.54 Å². The van der Waals surface area contributed by atoms with E-state index in [2.05, 4.69) is 15.6 Å². The van der Waals surface area contributed by atoms with Crippen LogP contribution in [0.2, 0.25) is 5.02 Å². The van der Waals surface area contributed by atoms with Crippen molar-refractivity contribution < 1.29 is 14.3 Å². The molecular weight excluding hydrogens is 323 g/mol. The molecule has 1 aromatic heterocycles. The standard InChI is InChI=1S/C15H18ClFN4O2/c1-9(2)5-13(15(22)23)18-7-11-8-21(20-19-11)14-4-3-10(17)6-12(14)16/h3-4,6,8-9,13,18H,5,7H2,1-2H3,(H,22,23)/t13-/m1/s1. The lowest BCUT2D eigenvalue weighted by molar-refractivity contribution is -0.140. The fourth-order valence-corrected chi connectivity index (χ4v) is 2.39. The van der Waals surface area contributed by atoms with Crippen LogP contribution >= 0.6 is 11.6 Å². The first-order valence-electron chi connectivity index (χ1n) is 7.19. The molecule has 0 aliphatic carbocycles. The van der Waals surface area contributed by atoms with Crippen molar-refractivity contribution in [1.82, 2.24) is 20.3 Å². The van der Waals surface area contributed by atoms with Crippen molar-refractivity contribution >= 4 is 17.6 Å². The molecule has 6 nitrogen and oxygen atoms in total. The van der Waals surface area contributed by atoms with Crippen LogP contribution in [0, 0.1) is 11.7 Å². The van der Waals surface area contributed by atoms with Crippen LogP contribution in [0.4, 0.5) is 4.39 Å². The number of aliphatic carboxylic acids is 1. The Morgan fingerprint density at radius 2 is 2.22 bits per heavy atom. The lowest BCUT2D eigenvalue weighted by Gasteiger charge is -2.15. The Morgan fingerprint density at radius 1 is 1.48 bits per heavy atom. The van der Waals surface area contributed by atoms with E-state index in [1.54, 1.807) is 6.20 Å². The second-order valence-corrected chi connectivity index (χ2v) is 6.06. The van der Waals surface area contributed by atoms with E-state index in [0.29, 0.717) is 17.8 Å². The summed E-state index contributed by atoms with van der Waals surface area (Å²) in [5.41, 5.74) is 1.07. The smallest absolute Gasteiger partial charge is 0.320 e. The third-order valence-corrected chi connectivity index (χ3v) is 3.53. The summed E-state index contributed by atoms with van der Waals surface area (Å²) in [6, 6.07) is 3.33. The van der Waals surface area contributed by atoms with Crippen molar-refractivity contribution in [3.8, 4) is 5.69 Å². The SMILES string of the molecule is CC(C)C[C@@H](NCc1cn(-c2ccc(F)cc2Cl)nn1)C(=O)O. The molecule has 0 unspecified atom stereocenters. The van der Waals surface area contributed by atoms with Crippen molar-refractivity contribution in [3.63, 3.8) is 0 Å². The predicted octanol–water partition coefficient (Wildman–Crippen LogP) is 2.65. The van der Waals surface area contributed by atoms with Gasteiger partial charge in [0.25, 0.3) is 0 Å². The lowest BCUT2D eigenvalue weighted by Crippen LogP contribution is -2.37. The number of nitrogens with zero attached hydrogens (tertiary/aromatic N) is 3. The molecule has 0 radical (unpaired) electrons. The summed E-state index contributed by atoms with van der Waals surface area (Å²) in [7, 11) is 0. The zero-order valence-electron chi connectivity index (χ0n) is 12.8. The van der Waals surface area contributed by atoms with Gasteiger partial charge in [0.15, 0.2) is 0 Å². The average Bonchev–Trinajstić information content (AvgIpc) is 2.91. The first kappa shape index (κ1) is 17.4. The summed E-state index contributed by atoms with van der Waals surface area (Å²) < 4.78 is 14.5. The van der Waals surface area contributed by atoms with Gasteiger partial charge in [-0.3, -0.25) is 10.1 Å². The van der Waals surface area contributed by atoms with E-state index in [0.717, 1.165) is 0 Å². The van der Waals surface area contributed by atoms with Gasteiger partial charge >= 0.3 is 5.97 Å². The molecule has 0 aliphatic heterocycles. The molecular formula is C15H18ClFN4O2. The fraction of sp³-hybridized carbons (Fsp3) is 0.400. The lowest BCUT2D eigenvalue weighted by atomic mass is 10.0. The molecule has 0 amide bonds. The Bertz CT molecular complexity index is 690. The van der Waals surface area contributed by atoms with Crippen LogP contribution < -0.4 is 5.32 Å². The minimum absolute atomic E-state index is 0.220. The third kappa shape index (κ3) is 4.74. The molecule has 8 heteroatoms. The molecule has 0 saturated carbocycles. The maximum Gasteiger partial charge on any atom is 0.320 e. The minimum Gasteiger partial charge on any atom is -0.480 e. The summed E-state index contributed by atoms with van der Waals surface area (Å²) in [5, 5.41) is 20.3. The Labute approximate surface area is 138 Å². The fourth-order valence-electron chi connectivity index (χ4n) is 2.13. The largest absolute Gasteiger partial charge is 0.480 e. The summed E-state index contributed by atoms with van der Waals surface area (Å²) in [5.74, 6) is -1.07. The Hall–Kier alpha value is -1.99. The molecule has 2 aromatic rings. The van der Waals surface area contributed by atoms with Crippen LogP contribution in [0.3, 0.4) is 0 Å². The highest BCUT2D eigenvalue weighted by Crippen LogP contribution is 2.20. The zero-order valence-corrected chi connectivity index (χ0v) is 13.6. The van der Waals surface area contributed by atoms with Gasteiger partial charge in [0.1, 0.15) is 11.9 Å². The molecule has 23 heavy (non-hydrogen) atoms. The van der Waals surface area contributed by atoms with Gasteiger partial charge in [-0.05, 0) is 30.5 Å². The molecule has 124 valence electrons. The van der Waals surface area contributed by atoms with Crippen LogP contribution in [-0.2, 0) is 11.3 Å². The van der Waals surface area contributed by atoms with E-state index < -0.39 is 17.8 Å². The maximum absolute atomic E-state index is 13.1. The highest BCUT2D eigenvalue weighted by atomic mass is 35.5. The number of carboxylic acids is 1. The van der Waals surface area contributed by atoms with Gasteiger partial charge in [-0.1, -0.05) is 30.7 Å². The summed E-state index contributed by atoms with van der Waals surface area (Å²) in [4.78, 5) is 11.2. The molecule has 2 N–H and O–H groups in total. The summed E-state index contributed by atoms with van der Waals surface area (Å²) >= 11 is 5.98. The minimum atomic E-state index is -0.896. The van der Waals surface area contributed by atoms with Gasteiger partial charge in [0.2, 0.25) is 0 Å². The van der Waals surface area contributed by atoms with Crippen LogP contribution in [0.1, 0.15) is 26.0 Å². The molecule has 0 aliphatic rings. The Kier molecular flexibility index (Phi) is 5.68. The molecule has 0 saturated heterocycles. The van der Waals surface area contributed by atoms with E-state index in [1.807, 2.05) is 13.8 Å². The second kappa shape index (κ2) is 7.52. The number of halogens is 2. The van der Waals surface area contributed by atoms with Gasteiger partial charge < -0.3 is 5.11 Å². The number of aromatic nitrogens is 3. The number of carboxylic acid groups (broad SMARTS) is 1. The first-order valence-corrected chi connectivity index (χ1v) is 7.57. The molecule has 0 bridgehead atoms. The van der Waals surface area contributed by atoms with E-state index in [9.17, 15) is 14.3 Å². The van der Waals surface area contributed by atoms with Crippen LogP contribution in [0.15, 0.2) is 24.4 Å². The van der Waals surface area contributed by atoms with Gasteiger partial charge in [0.05, 0.1) is 22.6 Å². The van der Waals surface area contributed by atoms with Crippen molar-refractivity contribution in [2.75, 3.05) is 0 Å². The number of hydrogen-bond donors (Lipinski definition) is 2. The number of benzene rings is 1. The number of carbonyl (C=O) groups is 1. The highest BCUT2D eigenvalue weighted by molar-refractivity contribution is 6.32. The maximum atomic E-state index is 13.1. The van der Waals surface area contributed by atoms with Crippen molar-refractivity contribution in [3.05, 3.63) is 40.9 Å². The van der Waals surface area contributed by atoms with Crippen molar-refractivity contribution in [2.24, 2.45) is 5.92 Å². The molecule has 2 rings (SSSR count). The van der Waals surface area contributed by atoms with E-state index in [1.165, 1.54) is 22.9 Å². The molecule has 1 aromatic carbocycles. The topological polar surface area (TPSA) is 80.0 Å². The number of hydrogen-bond acceptors (Lipinski definition) is 4. The van der Waals surface area contributed by atoms with Crippen molar-refractivity contribution in [1.29, 1.82) is 0 Å². The Morgan fingerprint density at radius 3 is 2.83 bits per heavy atom. The van der Waals surface area contributed by atoms with Gasteiger partial charge in [-0.25, -0.2) is 9.07 Å². The highest BCUT2D eigenvalue weighted by Gasteiger charge is 2.18. The van der Waals surface area contributed by atoms with E-state index in [4.69, 9.17) is 11.6 Å². The van der Waals surface area contributed by atoms with Gasteiger partial charge in [-0.2, -0.15) is 0 Å². The molecule has 1 atom stereocenters. The van der Waals surface area contributed by atoms with Gasteiger partial charge in [-0.15, -0.1) is 5.10 Å². The number of rotatable bonds is 7. The quantitative estimate of drug-likeness (QED) is 0.810. The summed E-state index contributed by atoms with van der Waals surface area (Å²) in [6.45, 7) is 4.19. The Balaban J connectivity index is 2.06. The monoisotopic (exact) mass is 340 g/mol. The first-order chi connectivity index (χ1) is 10.9. The molecule has 1 heterocycles. The van der Waals surface area contributed by atoms with Crippen LogP contribution in [0.25, 0.3) is 5.69 Å². The second-order valence-electron chi connectivity index (χ2n) is 5.65. The molecule has 0 fully saturated rings. The number of nitrogens with one attached hydrogen (secondary N) is 1. The third-order valence-electron chi connectivity index (χ3n) is 3.23. The summed E-state index contributed by atoms with van der Waals surface area (Å²) in [6.07, 6.45) is 2.15. The zero-order chi connectivity index (χ0) is 17.0. The van der Waals surface area contributed by atoms with Crippen LogP contribution in [-0.4, -0.2) is 32.1 Å². The average molecular weight is 341 g/mol. The van der Waals surface area contributed by atoms with Crippen LogP contribution in [0.5, 0.6) is 0 Å². The predicted molar refractivity (Wildman–Crippen MR) is 84.0 cm³/mol. The van der Waals surface area contributed by atoms with E-state index in [-0.39, 0.29) is 17.5 Å². The molecule has 0 spiro atoms. The van der Waals surface area contributed by atoms with Crippen molar-refractivity contribution in [2.45, 2.75) is 32.9 Å². The normalized spacial score (nSPS) is 12.6. The van der Waals surface area contributed by atoms with E-state index >= 15 is 0 Å².